The molecular formula is C14H21NO2. The third-order valence-electron chi connectivity index (χ3n) is 2.71. The molecule has 0 saturated carbocycles. The Morgan fingerprint density at radius 2 is 1.94 bits per heavy atom. The molecule has 0 amide bonds. The molecule has 3 heteroatoms. The smallest absolute Gasteiger partial charge is 0.148 e. The average molecular weight is 235 g/mol. The van der Waals surface area contributed by atoms with Crippen molar-refractivity contribution in [3.8, 4) is 0 Å². The fourth-order valence-electron chi connectivity index (χ4n) is 1.56. The summed E-state index contributed by atoms with van der Waals surface area (Å²) in [7, 11) is 0. The van der Waals surface area contributed by atoms with Crippen LogP contribution in [0.2, 0.25) is 0 Å². The lowest BCUT2D eigenvalue weighted by Crippen LogP contribution is -2.18. The van der Waals surface area contributed by atoms with E-state index in [2.05, 4.69) is 26.0 Å². The van der Waals surface area contributed by atoms with E-state index in [1.54, 1.807) is 0 Å². The predicted molar refractivity (Wildman–Crippen MR) is 68.8 cm³/mol. The van der Waals surface area contributed by atoms with Gasteiger partial charge < -0.3 is 15.3 Å². The molecule has 0 bridgehead atoms. The van der Waals surface area contributed by atoms with Crippen molar-refractivity contribution in [3.63, 3.8) is 0 Å². The number of ether oxygens (including phenoxy) is 1. The molecule has 0 saturated heterocycles. The molecule has 0 spiro atoms. The zero-order chi connectivity index (χ0) is 12.7. The van der Waals surface area contributed by atoms with Gasteiger partial charge in [-0.2, -0.15) is 0 Å². The van der Waals surface area contributed by atoms with E-state index >= 15 is 0 Å². The Balaban J connectivity index is 2.48. The van der Waals surface area contributed by atoms with Crippen LogP contribution in [0.3, 0.4) is 0 Å². The van der Waals surface area contributed by atoms with Crippen molar-refractivity contribution >= 4 is 6.29 Å². The summed E-state index contributed by atoms with van der Waals surface area (Å²) >= 11 is 0. The van der Waals surface area contributed by atoms with Crippen LogP contribution in [0.25, 0.3) is 0 Å². The molecule has 3 nitrogen and oxygen atoms in total. The standard InChI is InChI=1S/C14H21NO2/c1-11(2)13-5-3-12(4-6-13)10-17-14(9-16)7-8-15/h3-6,9,11,14H,7-8,10,15H2,1-2H3/t14-/m0/s1. The molecule has 0 heterocycles. The molecule has 94 valence electrons. The first kappa shape index (κ1) is 13.9. The van der Waals surface area contributed by atoms with Crippen LogP contribution >= 0.6 is 0 Å². The Hall–Kier alpha value is -1.19. The average Bonchev–Trinajstić information content (AvgIpc) is 2.35. The van der Waals surface area contributed by atoms with Gasteiger partial charge in [-0.3, -0.25) is 0 Å². The largest absolute Gasteiger partial charge is 0.366 e. The molecule has 0 unspecified atom stereocenters. The predicted octanol–water partition coefficient (Wildman–Crippen LogP) is 2.24. The van der Waals surface area contributed by atoms with E-state index in [1.807, 2.05) is 12.1 Å². The van der Waals surface area contributed by atoms with E-state index in [0.717, 1.165) is 11.8 Å². The van der Waals surface area contributed by atoms with Crippen molar-refractivity contribution in [1.82, 2.24) is 0 Å². The normalized spacial score (nSPS) is 12.7. The summed E-state index contributed by atoms with van der Waals surface area (Å²) in [5.74, 6) is 0.532. The first-order valence-corrected chi connectivity index (χ1v) is 6.03. The lowest BCUT2D eigenvalue weighted by molar-refractivity contribution is -0.119. The molecule has 0 aromatic heterocycles. The lowest BCUT2D eigenvalue weighted by Gasteiger charge is -2.11. The van der Waals surface area contributed by atoms with Gasteiger partial charge in [-0.15, -0.1) is 0 Å². The third-order valence-corrected chi connectivity index (χ3v) is 2.71. The fraction of sp³-hybridized carbons (Fsp3) is 0.500. The van der Waals surface area contributed by atoms with Crippen molar-refractivity contribution in [1.29, 1.82) is 0 Å². The van der Waals surface area contributed by atoms with E-state index in [9.17, 15) is 4.79 Å². The van der Waals surface area contributed by atoms with E-state index in [1.165, 1.54) is 5.56 Å². The van der Waals surface area contributed by atoms with E-state index in [0.29, 0.717) is 25.5 Å². The topological polar surface area (TPSA) is 52.3 Å². The van der Waals surface area contributed by atoms with Gasteiger partial charge in [0.1, 0.15) is 12.4 Å². The third kappa shape index (κ3) is 4.67. The molecule has 0 radical (unpaired) electrons. The van der Waals surface area contributed by atoms with Gasteiger partial charge in [-0.05, 0) is 30.0 Å². The summed E-state index contributed by atoms with van der Waals surface area (Å²) in [5.41, 5.74) is 7.78. The zero-order valence-electron chi connectivity index (χ0n) is 10.6. The molecular weight excluding hydrogens is 214 g/mol. The maximum absolute atomic E-state index is 10.7. The van der Waals surface area contributed by atoms with Crippen molar-refractivity contribution < 1.29 is 9.53 Å². The summed E-state index contributed by atoms with van der Waals surface area (Å²) in [5, 5.41) is 0. The highest BCUT2D eigenvalue weighted by Gasteiger charge is 2.06. The van der Waals surface area contributed by atoms with Gasteiger partial charge in [-0.1, -0.05) is 38.1 Å². The van der Waals surface area contributed by atoms with Crippen LogP contribution in [-0.2, 0) is 16.1 Å². The van der Waals surface area contributed by atoms with Crippen LogP contribution in [-0.4, -0.2) is 18.9 Å². The van der Waals surface area contributed by atoms with Crippen LogP contribution in [0.4, 0.5) is 0 Å². The van der Waals surface area contributed by atoms with Crippen LogP contribution in [0.1, 0.15) is 37.3 Å². The van der Waals surface area contributed by atoms with Crippen LogP contribution in [0, 0.1) is 0 Å². The minimum Gasteiger partial charge on any atom is -0.366 e. The SMILES string of the molecule is CC(C)c1ccc(CO[C@H](C=O)CCN)cc1. The number of benzene rings is 1. The highest BCUT2D eigenvalue weighted by Crippen LogP contribution is 2.15. The minimum atomic E-state index is -0.384. The highest BCUT2D eigenvalue weighted by atomic mass is 16.5. The summed E-state index contributed by atoms with van der Waals surface area (Å²) in [4.78, 5) is 10.7. The number of carbonyl (C=O) groups excluding carboxylic acids is 1. The number of hydrogen-bond acceptors (Lipinski definition) is 3. The molecule has 0 aliphatic heterocycles. The monoisotopic (exact) mass is 235 g/mol. The quantitative estimate of drug-likeness (QED) is 0.737. The highest BCUT2D eigenvalue weighted by molar-refractivity contribution is 5.55. The van der Waals surface area contributed by atoms with Crippen molar-refractivity contribution in [2.45, 2.75) is 38.9 Å². The summed E-state index contributed by atoms with van der Waals surface area (Å²) in [6.45, 7) is 5.25. The van der Waals surface area contributed by atoms with E-state index in [-0.39, 0.29) is 6.10 Å². The van der Waals surface area contributed by atoms with Crippen molar-refractivity contribution in [3.05, 3.63) is 35.4 Å². The van der Waals surface area contributed by atoms with Gasteiger partial charge in [0, 0.05) is 0 Å². The number of rotatable bonds is 7. The van der Waals surface area contributed by atoms with Crippen molar-refractivity contribution in [2.24, 2.45) is 5.73 Å². The Kier molecular flexibility index (Phi) is 5.87. The van der Waals surface area contributed by atoms with Crippen LogP contribution < -0.4 is 5.73 Å². The molecule has 2 N–H and O–H groups in total. The Labute approximate surface area is 103 Å². The van der Waals surface area contributed by atoms with Crippen LogP contribution in [0.5, 0.6) is 0 Å². The lowest BCUT2D eigenvalue weighted by atomic mass is 10.0. The molecule has 1 aromatic rings. The molecule has 0 aliphatic carbocycles. The number of nitrogens with two attached hydrogens (primary N) is 1. The Morgan fingerprint density at radius 1 is 1.29 bits per heavy atom. The van der Waals surface area contributed by atoms with Crippen molar-refractivity contribution in [2.75, 3.05) is 6.54 Å². The van der Waals surface area contributed by atoms with Gasteiger partial charge in [-0.25, -0.2) is 0 Å². The number of hydrogen-bond donors (Lipinski definition) is 1. The van der Waals surface area contributed by atoms with Gasteiger partial charge in [0.05, 0.1) is 6.61 Å². The first-order chi connectivity index (χ1) is 8.17. The van der Waals surface area contributed by atoms with Crippen LogP contribution in [0.15, 0.2) is 24.3 Å². The molecule has 0 aliphatic rings. The Bertz CT molecular complexity index is 333. The molecule has 17 heavy (non-hydrogen) atoms. The molecule has 0 fully saturated rings. The summed E-state index contributed by atoms with van der Waals surface area (Å²) < 4.78 is 5.47. The second-order valence-electron chi connectivity index (χ2n) is 4.46. The molecule has 1 rings (SSSR count). The molecule has 1 aromatic carbocycles. The van der Waals surface area contributed by atoms with Gasteiger partial charge in [0.2, 0.25) is 0 Å². The zero-order valence-corrected chi connectivity index (χ0v) is 10.6. The second-order valence-corrected chi connectivity index (χ2v) is 4.46. The maximum atomic E-state index is 10.7. The first-order valence-electron chi connectivity index (χ1n) is 6.03. The van der Waals surface area contributed by atoms with E-state index < -0.39 is 0 Å². The van der Waals surface area contributed by atoms with E-state index in [4.69, 9.17) is 10.5 Å². The number of carbonyl (C=O) groups is 1. The summed E-state index contributed by atoms with van der Waals surface area (Å²) in [6, 6.07) is 8.28. The second kappa shape index (κ2) is 7.20. The fourth-order valence-corrected chi connectivity index (χ4v) is 1.56. The molecule has 1 atom stereocenters. The minimum absolute atomic E-state index is 0.384. The Morgan fingerprint density at radius 3 is 2.41 bits per heavy atom. The van der Waals surface area contributed by atoms with Gasteiger partial charge in [0.15, 0.2) is 0 Å². The maximum Gasteiger partial charge on any atom is 0.148 e. The number of aldehydes is 1. The van der Waals surface area contributed by atoms with Gasteiger partial charge >= 0.3 is 0 Å². The van der Waals surface area contributed by atoms with Gasteiger partial charge in [0.25, 0.3) is 0 Å². The summed E-state index contributed by atoms with van der Waals surface area (Å²) in [6.07, 6.45) is 1.01.